The SMILES string of the molecule is C[C@]1(O)N=C(C(=C=[N-])C#N)[C@@H](C#N)[C@H](c2ccc(F)cc2)[C@H]1[n+]1ccccc1. The molecule has 6 nitrogen and oxygen atoms in total. The molecule has 1 N–H and O–H groups in total. The molecule has 0 spiro atoms. The highest BCUT2D eigenvalue weighted by Crippen LogP contribution is 2.44. The van der Waals surface area contributed by atoms with Gasteiger partial charge >= 0.3 is 0 Å². The van der Waals surface area contributed by atoms with Gasteiger partial charge in [-0.3, -0.25) is 0 Å². The lowest BCUT2D eigenvalue weighted by atomic mass is 9.71. The van der Waals surface area contributed by atoms with Crippen molar-refractivity contribution in [1.29, 1.82) is 10.5 Å². The van der Waals surface area contributed by atoms with Crippen LogP contribution in [0.25, 0.3) is 5.41 Å². The van der Waals surface area contributed by atoms with E-state index in [-0.39, 0.29) is 11.3 Å². The number of nitriles is 2. The van der Waals surface area contributed by atoms with Crippen LogP contribution in [0.1, 0.15) is 24.4 Å². The molecule has 4 atom stereocenters. The summed E-state index contributed by atoms with van der Waals surface area (Å²) >= 11 is 0. The number of benzene rings is 1. The summed E-state index contributed by atoms with van der Waals surface area (Å²) in [5.41, 5.74) is -1.50. The Bertz CT molecular complexity index is 1040. The molecule has 1 aliphatic heterocycles. The van der Waals surface area contributed by atoms with Crippen molar-refractivity contribution in [3.05, 3.63) is 77.2 Å². The number of aliphatic hydroxyl groups is 1. The highest BCUT2D eigenvalue weighted by atomic mass is 19.1. The maximum absolute atomic E-state index is 13.5. The first-order valence-electron chi connectivity index (χ1n) is 8.53. The molecule has 0 bridgehead atoms. The van der Waals surface area contributed by atoms with Crippen molar-refractivity contribution in [2.24, 2.45) is 10.9 Å². The molecule has 0 radical (unpaired) electrons. The summed E-state index contributed by atoms with van der Waals surface area (Å²) in [5, 5.41) is 39.7. The first-order chi connectivity index (χ1) is 13.4. The Kier molecular flexibility index (Phi) is 5.15. The number of allylic oxidation sites excluding steroid dienone is 1. The van der Waals surface area contributed by atoms with E-state index in [1.165, 1.54) is 31.2 Å². The van der Waals surface area contributed by atoms with Crippen LogP contribution in [0.4, 0.5) is 4.39 Å². The zero-order valence-electron chi connectivity index (χ0n) is 15.0. The number of aromatic nitrogens is 1. The monoisotopic (exact) mass is 373 g/mol. The summed E-state index contributed by atoms with van der Waals surface area (Å²) in [6.07, 6.45) is 3.48. The second-order valence-corrected chi connectivity index (χ2v) is 6.64. The van der Waals surface area contributed by atoms with Crippen LogP contribution in [0.3, 0.4) is 0 Å². The van der Waals surface area contributed by atoms with E-state index in [1.807, 2.05) is 6.07 Å². The molecule has 2 heterocycles. The average molecular weight is 373 g/mol. The van der Waals surface area contributed by atoms with Crippen molar-refractivity contribution in [3.8, 4) is 12.1 Å². The quantitative estimate of drug-likeness (QED) is 0.507. The number of aliphatic imine (C=N–C) groups is 1. The highest BCUT2D eigenvalue weighted by molar-refractivity contribution is 6.13. The number of nitrogens with zero attached hydrogens (tertiary/aromatic N) is 5. The summed E-state index contributed by atoms with van der Waals surface area (Å²) in [5.74, 6) is -0.320. The Morgan fingerprint density at radius 2 is 1.86 bits per heavy atom. The Morgan fingerprint density at radius 3 is 2.39 bits per heavy atom. The molecular formula is C21H16FN5O. The molecule has 1 aromatic carbocycles. The standard InChI is InChI=1S/C21H16FN5O/c1-21(28)20(27-9-3-2-4-10-27)18(14-5-7-16(22)8-6-14)17(13-25)19(26-21)15(11-23)12-24/h2-10,17-18,20,28H,1H3/t17-,18-,20+,21+/m0/s1. The molecule has 28 heavy (non-hydrogen) atoms. The lowest BCUT2D eigenvalue weighted by Gasteiger charge is -2.39. The lowest BCUT2D eigenvalue weighted by molar-refractivity contribution is -0.741. The van der Waals surface area contributed by atoms with Gasteiger partial charge in [-0.25, -0.2) is 15.3 Å². The van der Waals surface area contributed by atoms with Gasteiger partial charge in [0.15, 0.2) is 12.4 Å². The molecule has 1 aliphatic rings. The molecule has 3 rings (SSSR count). The third kappa shape index (κ3) is 3.33. The van der Waals surface area contributed by atoms with Gasteiger partial charge in [0.2, 0.25) is 11.8 Å². The fraction of sp³-hybridized carbons (Fsp3) is 0.238. The molecule has 0 unspecified atom stereocenters. The van der Waals surface area contributed by atoms with Gasteiger partial charge in [-0.05, 0) is 24.6 Å². The van der Waals surface area contributed by atoms with Crippen LogP contribution in [0, 0.1) is 34.4 Å². The third-order valence-corrected chi connectivity index (χ3v) is 4.83. The molecule has 7 heteroatoms. The summed E-state index contributed by atoms with van der Waals surface area (Å²) in [4.78, 5) is 4.23. The number of hydrogen-bond donors (Lipinski definition) is 1. The van der Waals surface area contributed by atoms with Gasteiger partial charge in [0.1, 0.15) is 17.8 Å². The predicted octanol–water partition coefficient (Wildman–Crippen LogP) is 2.43. The fourth-order valence-corrected chi connectivity index (χ4v) is 3.69. The lowest BCUT2D eigenvalue weighted by Crippen LogP contribution is -2.58. The van der Waals surface area contributed by atoms with E-state index >= 15 is 0 Å². The molecule has 138 valence electrons. The second kappa shape index (κ2) is 7.54. The van der Waals surface area contributed by atoms with Crippen LogP contribution < -0.4 is 4.57 Å². The summed E-state index contributed by atoms with van der Waals surface area (Å²) in [6, 6.07) is 14.2. The Hall–Kier alpha value is -3.64. The van der Waals surface area contributed by atoms with Crippen LogP contribution >= 0.6 is 0 Å². The van der Waals surface area contributed by atoms with Crippen molar-refractivity contribution < 1.29 is 14.1 Å². The van der Waals surface area contributed by atoms with E-state index in [1.54, 1.807) is 41.0 Å². The molecule has 1 aromatic heterocycles. The minimum Gasteiger partial charge on any atom is -0.762 e. The summed E-state index contributed by atoms with van der Waals surface area (Å²) in [6.45, 7) is 1.47. The maximum atomic E-state index is 13.5. The third-order valence-electron chi connectivity index (χ3n) is 4.83. The highest BCUT2D eigenvalue weighted by Gasteiger charge is 2.54. The molecule has 0 fully saturated rings. The molecular weight excluding hydrogens is 357 g/mol. The van der Waals surface area contributed by atoms with Crippen molar-refractivity contribution >= 4 is 11.6 Å². The molecule has 2 aromatic rings. The minimum atomic E-state index is -1.72. The summed E-state index contributed by atoms with van der Waals surface area (Å²) in [7, 11) is 0. The number of halogens is 1. The van der Waals surface area contributed by atoms with E-state index in [4.69, 9.17) is 0 Å². The second-order valence-electron chi connectivity index (χ2n) is 6.64. The fourth-order valence-electron chi connectivity index (χ4n) is 3.69. The van der Waals surface area contributed by atoms with Crippen LogP contribution in [0.15, 0.2) is 65.4 Å². The Balaban J connectivity index is 2.30. The molecule has 0 saturated heterocycles. The molecule has 0 saturated carbocycles. The minimum absolute atomic E-state index is 0.0559. The smallest absolute Gasteiger partial charge is 0.216 e. The van der Waals surface area contributed by atoms with Crippen molar-refractivity contribution in [2.75, 3.05) is 0 Å². The zero-order chi connectivity index (χ0) is 20.3. The van der Waals surface area contributed by atoms with Crippen LogP contribution in [0.5, 0.6) is 0 Å². The van der Waals surface area contributed by atoms with Gasteiger partial charge in [-0.15, -0.1) is 0 Å². The summed E-state index contributed by atoms with van der Waals surface area (Å²) < 4.78 is 15.2. The Labute approximate surface area is 161 Å². The van der Waals surface area contributed by atoms with Crippen molar-refractivity contribution in [2.45, 2.75) is 24.6 Å². The van der Waals surface area contributed by atoms with Gasteiger partial charge in [0, 0.05) is 12.1 Å². The number of rotatable bonds is 3. The average Bonchev–Trinajstić information content (AvgIpc) is 2.69. The van der Waals surface area contributed by atoms with E-state index < -0.39 is 29.4 Å². The van der Waals surface area contributed by atoms with Gasteiger partial charge in [0.05, 0.1) is 23.3 Å². The van der Waals surface area contributed by atoms with Crippen molar-refractivity contribution in [1.82, 2.24) is 0 Å². The molecule has 0 amide bonds. The van der Waals surface area contributed by atoms with E-state index in [0.29, 0.717) is 5.56 Å². The van der Waals surface area contributed by atoms with E-state index in [0.717, 1.165) is 0 Å². The van der Waals surface area contributed by atoms with Crippen LogP contribution in [-0.2, 0) is 0 Å². The van der Waals surface area contributed by atoms with Gasteiger partial charge in [-0.2, -0.15) is 15.1 Å². The van der Waals surface area contributed by atoms with E-state index in [9.17, 15) is 25.4 Å². The normalized spacial score (nSPS) is 26.3. The van der Waals surface area contributed by atoms with Gasteiger partial charge in [-0.1, -0.05) is 18.2 Å². The molecule has 0 aliphatic carbocycles. The Morgan fingerprint density at radius 1 is 1.21 bits per heavy atom. The van der Waals surface area contributed by atoms with Gasteiger partial charge < -0.3 is 10.5 Å². The van der Waals surface area contributed by atoms with Crippen LogP contribution in [-0.4, -0.2) is 22.4 Å². The maximum Gasteiger partial charge on any atom is 0.216 e. The topological polar surface area (TPSA) is 106 Å². The first kappa shape index (κ1) is 19.1. The number of pyridine rings is 1. The zero-order valence-corrected chi connectivity index (χ0v) is 15.0. The first-order valence-corrected chi connectivity index (χ1v) is 8.53. The number of hydrogen-bond acceptors (Lipinski definition) is 4. The predicted molar refractivity (Wildman–Crippen MR) is 99.5 cm³/mol. The largest absolute Gasteiger partial charge is 0.762 e. The van der Waals surface area contributed by atoms with Crippen molar-refractivity contribution in [3.63, 3.8) is 0 Å². The van der Waals surface area contributed by atoms with Gasteiger partial charge in [0.25, 0.3) is 0 Å². The van der Waals surface area contributed by atoms with E-state index in [2.05, 4.69) is 11.1 Å². The van der Waals surface area contributed by atoms with Crippen LogP contribution in [0.2, 0.25) is 0 Å².